The van der Waals surface area contributed by atoms with E-state index in [0.29, 0.717) is 36.9 Å². The van der Waals surface area contributed by atoms with Crippen LogP contribution < -0.4 is 23.7 Å². The maximum Gasteiger partial charge on any atom is 0.343 e. The molecule has 4 aromatic rings. The summed E-state index contributed by atoms with van der Waals surface area (Å²) in [6.45, 7) is 13.9. The SMILES string of the molecule is C=CCC.CCCCCCCCCCCCOc1ccc(C(=O)Oc2ccc(OC(=O)c3ccc(OCCCCCCCCCCCC)cc3)c(C(=O)OCc3ccc(OCCC)cc3)c2)cc1. The number of ether oxygens (including phenoxy) is 6. The van der Waals surface area contributed by atoms with E-state index in [9.17, 15) is 14.4 Å². The average molecular weight is 935 g/mol. The largest absolute Gasteiger partial charge is 0.494 e. The van der Waals surface area contributed by atoms with Crippen LogP contribution in [0.2, 0.25) is 0 Å². The van der Waals surface area contributed by atoms with E-state index in [2.05, 4.69) is 27.4 Å². The Kier molecular flexibility index (Phi) is 30.4. The molecule has 0 aromatic heterocycles. The molecule has 0 atom stereocenters. The van der Waals surface area contributed by atoms with E-state index in [0.717, 1.165) is 49.8 Å². The van der Waals surface area contributed by atoms with Crippen molar-refractivity contribution in [3.63, 3.8) is 0 Å². The molecule has 0 saturated heterocycles. The maximum atomic E-state index is 13.6. The van der Waals surface area contributed by atoms with Gasteiger partial charge in [-0.25, -0.2) is 14.4 Å². The highest BCUT2D eigenvalue weighted by molar-refractivity contribution is 5.97. The van der Waals surface area contributed by atoms with Crippen molar-refractivity contribution < 1.29 is 42.8 Å². The van der Waals surface area contributed by atoms with Crippen LogP contribution >= 0.6 is 0 Å². The van der Waals surface area contributed by atoms with Crippen molar-refractivity contribution in [2.24, 2.45) is 0 Å². The first-order valence-corrected chi connectivity index (χ1v) is 25.9. The van der Waals surface area contributed by atoms with Gasteiger partial charge >= 0.3 is 17.9 Å². The number of rotatable bonds is 35. The van der Waals surface area contributed by atoms with Gasteiger partial charge in [-0.15, -0.1) is 6.58 Å². The Hall–Kier alpha value is -5.57. The summed E-state index contributed by atoms with van der Waals surface area (Å²) in [5.41, 5.74) is 1.26. The zero-order chi connectivity index (χ0) is 48.9. The smallest absolute Gasteiger partial charge is 0.343 e. The van der Waals surface area contributed by atoms with Crippen molar-refractivity contribution >= 4 is 17.9 Å². The predicted octanol–water partition coefficient (Wildman–Crippen LogP) is 16.5. The molecule has 4 rings (SSSR count). The van der Waals surface area contributed by atoms with Crippen LogP contribution in [0.3, 0.4) is 0 Å². The number of allylic oxidation sites excluding steroid dienone is 1. The molecule has 0 aliphatic carbocycles. The first-order valence-electron chi connectivity index (χ1n) is 25.9. The van der Waals surface area contributed by atoms with Gasteiger partial charge in [0.05, 0.1) is 30.9 Å². The molecule has 9 heteroatoms. The van der Waals surface area contributed by atoms with Crippen LogP contribution in [-0.4, -0.2) is 37.7 Å². The van der Waals surface area contributed by atoms with Crippen LogP contribution in [0.1, 0.15) is 206 Å². The van der Waals surface area contributed by atoms with Crippen molar-refractivity contribution in [2.45, 2.75) is 176 Å². The zero-order valence-electron chi connectivity index (χ0n) is 42.0. The molecule has 4 aromatic carbocycles. The highest BCUT2D eigenvalue weighted by Gasteiger charge is 2.21. The standard InChI is InChI=1S/C55H74O9.C4H8/c1-4-7-9-11-13-15-17-19-21-23-40-60-48-33-27-45(28-34-48)53(56)63-50-37-38-52(51(42-50)55(58)62-43-44-25-31-47(32-26-44)59-39-6-3)64-54(57)46-29-35-49(36-30-46)61-41-24-22-20-18-16-14-12-10-8-5-2;1-3-4-2/h25-38,42H,4-24,39-41,43H2,1-3H3;3H,1,4H2,2H3. The van der Waals surface area contributed by atoms with E-state index >= 15 is 0 Å². The number of esters is 3. The number of hydrogen-bond donors (Lipinski definition) is 0. The fourth-order valence-electron chi connectivity index (χ4n) is 7.21. The van der Waals surface area contributed by atoms with E-state index in [1.807, 2.05) is 37.3 Å². The molecule has 68 heavy (non-hydrogen) atoms. The first-order chi connectivity index (χ1) is 33.3. The Morgan fingerprint density at radius 3 is 1.24 bits per heavy atom. The summed E-state index contributed by atoms with van der Waals surface area (Å²) in [7, 11) is 0. The predicted molar refractivity (Wildman–Crippen MR) is 276 cm³/mol. The van der Waals surface area contributed by atoms with Gasteiger partial charge in [-0.2, -0.15) is 0 Å². The molecule has 0 aliphatic rings. The van der Waals surface area contributed by atoms with Gasteiger partial charge in [0.2, 0.25) is 0 Å². The van der Waals surface area contributed by atoms with E-state index in [4.69, 9.17) is 28.4 Å². The molecular weight excluding hydrogens is 853 g/mol. The zero-order valence-corrected chi connectivity index (χ0v) is 42.0. The molecule has 0 amide bonds. The summed E-state index contributed by atoms with van der Waals surface area (Å²) in [5.74, 6) is 0.0668. The van der Waals surface area contributed by atoms with Crippen molar-refractivity contribution in [1.29, 1.82) is 0 Å². The molecule has 0 N–H and O–H groups in total. The summed E-state index contributed by atoms with van der Waals surface area (Å²) in [5, 5.41) is 0. The van der Waals surface area contributed by atoms with Crippen LogP contribution in [0.15, 0.2) is 104 Å². The van der Waals surface area contributed by atoms with E-state index < -0.39 is 17.9 Å². The molecule has 0 fully saturated rings. The van der Waals surface area contributed by atoms with Crippen molar-refractivity contribution in [3.8, 4) is 28.7 Å². The van der Waals surface area contributed by atoms with Gasteiger partial charge in [0.15, 0.2) is 0 Å². The molecule has 0 spiro atoms. The van der Waals surface area contributed by atoms with Crippen LogP contribution in [-0.2, 0) is 11.3 Å². The second-order valence-corrected chi connectivity index (χ2v) is 17.3. The Morgan fingerprint density at radius 1 is 0.426 bits per heavy atom. The second-order valence-electron chi connectivity index (χ2n) is 17.3. The van der Waals surface area contributed by atoms with Crippen molar-refractivity contribution in [2.75, 3.05) is 19.8 Å². The van der Waals surface area contributed by atoms with Gasteiger partial charge < -0.3 is 28.4 Å². The molecule has 0 heterocycles. The third kappa shape index (κ3) is 24.5. The third-order valence-corrected chi connectivity index (χ3v) is 11.4. The minimum absolute atomic E-state index is 0.0386. The quantitative estimate of drug-likeness (QED) is 0.0193. The topological polar surface area (TPSA) is 107 Å². The number of carbonyl (C=O) groups is 3. The van der Waals surface area contributed by atoms with Crippen LogP contribution in [0.5, 0.6) is 28.7 Å². The number of hydrogen-bond acceptors (Lipinski definition) is 9. The number of carbonyl (C=O) groups excluding carboxylic acids is 3. The molecule has 0 radical (unpaired) electrons. The third-order valence-electron chi connectivity index (χ3n) is 11.4. The van der Waals surface area contributed by atoms with Gasteiger partial charge in [-0.05, 0) is 110 Å². The summed E-state index contributed by atoms with van der Waals surface area (Å²) < 4.78 is 34.6. The van der Waals surface area contributed by atoms with Gasteiger partial charge in [-0.1, -0.05) is 161 Å². The van der Waals surface area contributed by atoms with Crippen LogP contribution in [0.25, 0.3) is 0 Å². The van der Waals surface area contributed by atoms with Crippen LogP contribution in [0.4, 0.5) is 0 Å². The molecule has 0 aliphatic heterocycles. The number of unbranched alkanes of at least 4 members (excludes halogenated alkanes) is 18. The van der Waals surface area contributed by atoms with Crippen LogP contribution in [0, 0.1) is 0 Å². The van der Waals surface area contributed by atoms with Crippen molar-refractivity contribution in [3.05, 3.63) is 126 Å². The fraction of sp³-hybridized carbons (Fsp3) is 0.508. The summed E-state index contributed by atoms with van der Waals surface area (Å²) in [4.78, 5) is 40.2. The Bertz CT molecular complexity index is 1950. The average Bonchev–Trinajstić information content (AvgIpc) is 3.37. The Morgan fingerprint density at radius 2 is 0.809 bits per heavy atom. The fourth-order valence-corrected chi connectivity index (χ4v) is 7.21. The molecule has 0 saturated carbocycles. The lowest BCUT2D eigenvalue weighted by molar-refractivity contribution is 0.0465. The lowest BCUT2D eigenvalue weighted by Gasteiger charge is -2.13. The molecule has 0 bridgehead atoms. The van der Waals surface area contributed by atoms with E-state index in [1.165, 1.54) is 121 Å². The second kappa shape index (κ2) is 36.5. The normalized spacial score (nSPS) is 10.6. The van der Waals surface area contributed by atoms with Gasteiger partial charge in [0.25, 0.3) is 0 Å². The summed E-state index contributed by atoms with van der Waals surface area (Å²) in [6.07, 6.45) is 28.9. The minimum atomic E-state index is -0.758. The highest BCUT2D eigenvalue weighted by Crippen LogP contribution is 2.28. The van der Waals surface area contributed by atoms with Gasteiger partial charge in [0, 0.05) is 0 Å². The molecule has 9 nitrogen and oxygen atoms in total. The highest BCUT2D eigenvalue weighted by atomic mass is 16.6. The number of benzene rings is 4. The van der Waals surface area contributed by atoms with E-state index in [1.54, 1.807) is 48.5 Å². The summed E-state index contributed by atoms with van der Waals surface area (Å²) >= 11 is 0. The Labute approximate surface area is 409 Å². The van der Waals surface area contributed by atoms with E-state index in [-0.39, 0.29) is 29.2 Å². The van der Waals surface area contributed by atoms with Gasteiger partial charge in [-0.3, -0.25) is 0 Å². The lowest BCUT2D eigenvalue weighted by Crippen LogP contribution is -2.14. The Balaban J connectivity index is 0.00000294. The monoisotopic (exact) mass is 935 g/mol. The van der Waals surface area contributed by atoms with Gasteiger partial charge in [0.1, 0.15) is 40.9 Å². The summed E-state index contributed by atoms with van der Waals surface area (Å²) in [6, 6.07) is 25.0. The lowest BCUT2D eigenvalue weighted by atomic mass is 10.1. The minimum Gasteiger partial charge on any atom is -0.494 e. The molecular formula is C59H82O9. The first kappa shape index (κ1) is 56.8. The molecule has 0 unspecified atom stereocenters. The maximum absolute atomic E-state index is 13.6. The van der Waals surface area contributed by atoms with Crippen molar-refractivity contribution in [1.82, 2.24) is 0 Å². The molecule has 372 valence electrons.